The highest BCUT2D eigenvalue weighted by atomic mass is 16.5. The van der Waals surface area contributed by atoms with Gasteiger partial charge < -0.3 is 10.5 Å². The van der Waals surface area contributed by atoms with Gasteiger partial charge in [-0.05, 0) is 24.6 Å². The van der Waals surface area contributed by atoms with Crippen molar-refractivity contribution >= 4 is 5.97 Å². The number of carbonyl (C=O) groups is 1. The number of methoxy groups -OCH3 is 1. The largest absolute Gasteiger partial charge is 0.468 e. The summed E-state index contributed by atoms with van der Waals surface area (Å²) in [7, 11) is 1.34. The van der Waals surface area contributed by atoms with Gasteiger partial charge in [0, 0.05) is 17.3 Å². The molecule has 0 aromatic carbocycles. The molecule has 0 saturated carbocycles. The average Bonchev–Trinajstić information content (AvgIpc) is 2.27. The minimum Gasteiger partial charge on any atom is -0.468 e. The smallest absolute Gasteiger partial charge is 0.323 e. The lowest BCUT2D eigenvalue weighted by Gasteiger charge is -2.29. The van der Waals surface area contributed by atoms with Crippen LogP contribution in [0.3, 0.4) is 0 Å². The van der Waals surface area contributed by atoms with Crippen molar-refractivity contribution in [3.63, 3.8) is 0 Å². The van der Waals surface area contributed by atoms with Gasteiger partial charge in [-0.1, -0.05) is 13.8 Å². The Morgan fingerprint density at radius 3 is 2.69 bits per heavy atom. The highest BCUT2D eigenvalue weighted by molar-refractivity contribution is 5.77. The summed E-state index contributed by atoms with van der Waals surface area (Å²) in [6, 6.07) is 3.12. The first-order chi connectivity index (χ1) is 7.39. The van der Waals surface area contributed by atoms with E-state index in [2.05, 4.69) is 9.72 Å². The van der Waals surface area contributed by atoms with Crippen LogP contribution in [-0.2, 0) is 14.9 Å². The Kier molecular flexibility index (Phi) is 3.65. The molecule has 2 N–H and O–H groups in total. The first kappa shape index (κ1) is 12.6. The number of nitrogens with two attached hydrogens (primary N) is 1. The molecule has 1 aromatic rings. The first-order valence-electron chi connectivity index (χ1n) is 5.16. The molecule has 0 bridgehead atoms. The monoisotopic (exact) mass is 222 g/mol. The first-order valence-corrected chi connectivity index (χ1v) is 5.16. The van der Waals surface area contributed by atoms with Crippen LogP contribution in [0.15, 0.2) is 18.3 Å². The molecule has 0 fully saturated rings. The number of rotatable bonds is 3. The van der Waals surface area contributed by atoms with E-state index in [-0.39, 0.29) is 0 Å². The van der Waals surface area contributed by atoms with Gasteiger partial charge in [-0.2, -0.15) is 0 Å². The number of aromatic nitrogens is 1. The average molecular weight is 222 g/mol. The molecule has 0 amide bonds. The number of ether oxygens (including phenoxy) is 1. The maximum Gasteiger partial charge on any atom is 0.323 e. The summed E-state index contributed by atoms with van der Waals surface area (Å²) in [5, 5.41) is 0. The Hall–Kier alpha value is -1.42. The number of nitrogens with zero attached hydrogens (tertiary/aromatic N) is 1. The fraction of sp³-hybridized carbons (Fsp3) is 0.500. The molecule has 0 radical (unpaired) electrons. The third-order valence-electron chi connectivity index (χ3n) is 2.81. The van der Waals surface area contributed by atoms with Crippen molar-refractivity contribution in [3.05, 3.63) is 29.6 Å². The van der Waals surface area contributed by atoms with Gasteiger partial charge in [0.25, 0.3) is 0 Å². The predicted octanol–water partition coefficient (Wildman–Crippen LogP) is 1.17. The molecule has 1 heterocycles. The van der Waals surface area contributed by atoms with Crippen LogP contribution < -0.4 is 5.73 Å². The van der Waals surface area contributed by atoms with E-state index in [1.165, 1.54) is 7.11 Å². The molecular weight excluding hydrogens is 204 g/mol. The molecule has 1 atom stereocenters. The zero-order chi connectivity index (χ0) is 12.3. The highest BCUT2D eigenvalue weighted by Gasteiger charge is 2.35. The van der Waals surface area contributed by atoms with Crippen molar-refractivity contribution in [2.24, 2.45) is 5.73 Å². The van der Waals surface area contributed by atoms with Crippen LogP contribution in [-0.4, -0.2) is 24.1 Å². The van der Waals surface area contributed by atoms with E-state index in [9.17, 15) is 4.79 Å². The molecular formula is C12H18N2O2. The van der Waals surface area contributed by atoms with Gasteiger partial charge in [-0.15, -0.1) is 0 Å². The van der Waals surface area contributed by atoms with Gasteiger partial charge in [0.15, 0.2) is 0 Å². The molecule has 0 aliphatic heterocycles. The molecule has 0 aliphatic rings. The fourth-order valence-corrected chi connectivity index (χ4v) is 1.47. The topological polar surface area (TPSA) is 65.2 Å². The number of carbonyl (C=O) groups excluding carboxylic acids is 1. The number of aryl methyl sites for hydroxylation is 1. The van der Waals surface area contributed by atoms with E-state index < -0.39 is 17.4 Å². The maximum absolute atomic E-state index is 11.4. The zero-order valence-corrected chi connectivity index (χ0v) is 10.2. The summed E-state index contributed by atoms with van der Waals surface area (Å²) in [5.41, 5.74) is 7.22. The summed E-state index contributed by atoms with van der Waals surface area (Å²) in [6.45, 7) is 5.75. The normalized spacial score (nSPS) is 13.3. The lowest BCUT2D eigenvalue weighted by molar-refractivity contribution is -0.143. The van der Waals surface area contributed by atoms with Gasteiger partial charge in [0.1, 0.15) is 6.04 Å². The van der Waals surface area contributed by atoms with Crippen LogP contribution in [0.1, 0.15) is 25.1 Å². The van der Waals surface area contributed by atoms with E-state index in [0.29, 0.717) is 0 Å². The van der Waals surface area contributed by atoms with Crippen molar-refractivity contribution in [3.8, 4) is 0 Å². The molecule has 0 spiro atoms. The minimum absolute atomic E-state index is 0.423. The van der Waals surface area contributed by atoms with Crippen LogP contribution in [0, 0.1) is 6.92 Å². The third-order valence-corrected chi connectivity index (χ3v) is 2.81. The SMILES string of the molecule is COC(=O)C(N)C(C)(C)c1cc(C)ccn1. The summed E-state index contributed by atoms with van der Waals surface area (Å²) >= 11 is 0. The number of hydrogen-bond donors (Lipinski definition) is 1. The summed E-state index contributed by atoms with van der Waals surface area (Å²) in [4.78, 5) is 15.7. The van der Waals surface area contributed by atoms with E-state index in [1.54, 1.807) is 6.20 Å². The van der Waals surface area contributed by atoms with Crippen molar-refractivity contribution in [2.45, 2.75) is 32.2 Å². The molecule has 4 nitrogen and oxygen atoms in total. The summed E-state index contributed by atoms with van der Waals surface area (Å²) < 4.78 is 4.66. The zero-order valence-electron chi connectivity index (χ0n) is 10.2. The van der Waals surface area contributed by atoms with Crippen LogP contribution in [0.2, 0.25) is 0 Å². The standard InChI is InChI=1S/C12H18N2O2/c1-8-5-6-14-9(7-8)12(2,3)10(13)11(15)16-4/h5-7,10H,13H2,1-4H3. The van der Waals surface area contributed by atoms with Crippen molar-refractivity contribution < 1.29 is 9.53 Å². The maximum atomic E-state index is 11.4. The van der Waals surface area contributed by atoms with E-state index in [4.69, 9.17) is 5.73 Å². The lowest BCUT2D eigenvalue weighted by atomic mass is 9.81. The van der Waals surface area contributed by atoms with Gasteiger partial charge in [-0.3, -0.25) is 9.78 Å². The molecule has 88 valence electrons. The highest BCUT2D eigenvalue weighted by Crippen LogP contribution is 2.25. The number of esters is 1. The van der Waals surface area contributed by atoms with Gasteiger partial charge >= 0.3 is 5.97 Å². The van der Waals surface area contributed by atoms with Crippen molar-refractivity contribution in [1.29, 1.82) is 0 Å². The Balaban J connectivity index is 3.05. The summed E-state index contributed by atoms with van der Waals surface area (Å²) in [5.74, 6) is -0.423. The van der Waals surface area contributed by atoms with Gasteiger partial charge in [0.2, 0.25) is 0 Å². The second kappa shape index (κ2) is 4.61. The number of pyridine rings is 1. The Morgan fingerprint density at radius 1 is 1.56 bits per heavy atom. The third kappa shape index (κ3) is 2.39. The van der Waals surface area contributed by atoms with Crippen LogP contribution in [0.25, 0.3) is 0 Å². The second-order valence-corrected chi connectivity index (χ2v) is 4.44. The molecule has 1 aromatic heterocycles. The van der Waals surface area contributed by atoms with Crippen molar-refractivity contribution in [2.75, 3.05) is 7.11 Å². The minimum atomic E-state index is -0.716. The quantitative estimate of drug-likeness (QED) is 0.780. The molecule has 4 heteroatoms. The molecule has 0 aliphatic carbocycles. The molecule has 16 heavy (non-hydrogen) atoms. The molecule has 0 saturated heterocycles. The van der Waals surface area contributed by atoms with Gasteiger partial charge in [-0.25, -0.2) is 0 Å². The van der Waals surface area contributed by atoms with Crippen LogP contribution >= 0.6 is 0 Å². The van der Waals surface area contributed by atoms with Gasteiger partial charge in [0.05, 0.1) is 7.11 Å². The second-order valence-electron chi connectivity index (χ2n) is 4.44. The van der Waals surface area contributed by atoms with E-state index in [0.717, 1.165) is 11.3 Å². The number of hydrogen-bond acceptors (Lipinski definition) is 4. The Labute approximate surface area is 95.8 Å². The van der Waals surface area contributed by atoms with E-state index in [1.807, 2.05) is 32.9 Å². The molecule has 1 rings (SSSR count). The van der Waals surface area contributed by atoms with Crippen molar-refractivity contribution in [1.82, 2.24) is 4.98 Å². The Bertz CT molecular complexity index is 388. The predicted molar refractivity (Wildman–Crippen MR) is 62.0 cm³/mol. The Morgan fingerprint density at radius 2 is 2.19 bits per heavy atom. The van der Waals surface area contributed by atoms with Crippen LogP contribution in [0.4, 0.5) is 0 Å². The lowest BCUT2D eigenvalue weighted by Crippen LogP contribution is -2.47. The van der Waals surface area contributed by atoms with Crippen LogP contribution in [0.5, 0.6) is 0 Å². The van der Waals surface area contributed by atoms with E-state index >= 15 is 0 Å². The molecule has 1 unspecified atom stereocenters. The summed E-state index contributed by atoms with van der Waals surface area (Å²) in [6.07, 6.45) is 1.72. The fourth-order valence-electron chi connectivity index (χ4n) is 1.47.